The van der Waals surface area contributed by atoms with Gasteiger partial charge in [0.1, 0.15) is 6.04 Å². The van der Waals surface area contributed by atoms with Crippen molar-refractivity contribution in [1.29, 1.82) is 0 Å². The normalized spacial score (nSPS) is 24.4. The maximum Gasteiger partial charge on any atom is 0.246 e. The van der Waals surface area contributed by atoms with E-state index in [0.29, 0.717) is 0 Å². The van der Waals surface area contributed by atoms with E-state index in [1.165, 1.54) is 5.56 Å². The summed E-state index contributed by atoms with van der Waals surface area (Å²) in [7, 11) is 0. The van der Waals surface area contributed by atoms with E-state index >= 15 is 0 Å². The highest BCUT2D eigenvalue weighted by Gasteiger charge is 2.40. The second-order valence-electron chi connectivity index (χ2n) is 4.92. The number of benzene rings is 1. The van der Waals surface area contributed by atoms with Gasteiger partial charge in [-0.2, -0.15) is 0 Å². The van der Waals surface area contributed by atoms with Crippen molar-refractivity contribution >= 4 is 11.6 Å². The van der Waals surface area contributed by atoms with Gasteiger partial charge in [-0.15, -0.1) is 0 Å². The highest BCUT2D eigenvalue weighted by atomic mass is 16.2. The fourth-order valence-electron chi connectivity index (χ4n) is 2.86. The van der Waals surface area contributed by atoms with Gasteiger partial charge in [-0.05, 0) is 18.1 Å². The van der Waals surface area contributed by atoms with Gasteiger partial charge >= 0.3 is 0 Å². The first-order chi connectivity index (χ1) is 8.81. The van der Waals surface area contributed by atoms with Gasteiger partial charge in [0, 0.05) is 25.3 Å². The van der Waals surface area contributed by atoms with Crippen molar-refractivity contribution in [1.82, 2.24) is 10.2 Å². The number of para-hydroxylation sites is 1. The minimum atomic E-state index is 0.0312. The van der Waals surface area contributed by atoms with E-state index in [4.69, 9.17) is 0 Å². The smallest absolute Gasteiger partial charge is 0.246 e. The number of fused-ring (bicyclic) bond motifs is 1. The second kappa shape index (κ2) is 4.71. The second-order valence-corrected chi connectivity index (χ2v) is 4.92. The minimum absolute atomic E-state index is 0.0312. The highest BCUT2D eigenvalue weighted by molar-refractivity contribution is 6.00. The molecule has 1 amide bonds. The first kappa shape index (κ1) is 11.7. The predicted octanol–water partition coefficient (Wildman–Crippen LogP) is 0.827. The van der Waals surface area contributed by atoms with Crippen LogP contribution in [0.15, 0.2) is 24.3 Å². The number of nitrogens with zero attached hydrogens (tertiary/aromatic N) is 2. The summed E-state index contributed by atoms with van der Waals surface area (Å²) in [5.74, 6) is 0.239. The molecule has 2 aliphatic heterocycles. The van der Waals surface area contributed by atoms with E-state index < -0.39 is 0 Å². The van der Waals surface area contributed by atoms with Crippen molar-refractivity contribution in [2.45, 2.75) is 19.4 Å². The molecule has 0 aliphatic carbocycles. The molecule has 18 heavy (non-hydrogen) atoms. The van der Waals surface area contributed by atoms with Gasteiger partial charge in [0.2, 0.25) is 5.91 Å². The van der Waals surface area contributed by atoms with Crippen molar-refractivity contribution in [3.8, 4) is 0 Å². The Balaban J connectivity index is 1.91. The van der Waals surface area contributed by atoms with Crippen LogP contribution in [0.4, 0.5) is 5.69 Å². The molecule has 3 rings (SSSR count). The number of hydrogen-bond donors (Lipinski definition) is 1. The van der Waals surface area contributed by atoms with Crippen LogP contribution in [-0.4, -0.2) is 43.2 Å². The molecule has 2 fully saturated rings. The third kappa shape index (κ3) is 1.82. The Morgan fingerprint density at radius 3 is 3.00 bits per heavy atom. The molecule has 4 heteroatoms. The molecule has 2 heterocycles. The predicted molar refractivity (Wildman–Crippen MR) is 71.5 cm³/mol. The zero-order valence-corrected chi connectivity index (χ0v) is 10.7. The molecule has 1 N–H and O–H groups in total. The lowest BCUT2D eigenvalue weighted by Gasteiger charge is -2.26. The van der Waals surface area contributed by atoms with Gasteiger partial charge in [-0.3, -0.25) is 14.6 Å². The molecular weight excluding hydrogens is 226 g/mol. The van der Waals surface area contributed by atoms with Crippen LogP contribution in [0.3, 0.4) is 0 Å². The first-order valence-corrected chi connectivity index (χ1v) is 6.65. The fraction of sp³-hybridized carbons (Fsp3) is 0.500. The third-order valence-corrected chi connectivity index (χ3v) is 3.89. The van der Waals surface area contributed by atoms with E-state index in [-0.39, 0.29) is 11.9 Å². The lowest BCUT2D eigenvalue weighted by molar-refractivity contribution is -0.120. The highest BCUT2D eigenvalue weighted by Crippen LogP contribution is 2.27. The van der Waals surface area contributed by atoms with Crippen molar-refractivity contribution in [2.75, 3.05) is 31.2 Å². The van der Waals surface area contributed by atoms with E-state index in [2.05, 4.69) is 29.3 Å². The Morgan fingerprint density at radius 2 is 2.22 bits per heavy atom. The maximum atomic E-state index is 12.5. The van der Waals surface area contributed by atoms with Gasteiger partial charge in [-0.1, -0.05) is 25.1 Å². The van der Waals surface area contributed by atoms with Crippen LogP contribution in [0.25, 0.3) is 0 Å². The largest absolute Gasteiger partial charge is 0.313 e. The van der Waals surface area contributed by atoms with Crippen molar-refractivity contribution in [3.63, 3.8) is 0 Å². The number of anilines is 1. The number of hydrogen-bond acceptors (Lipinski definition) is 3. The standard InChI is InChI=1S/C14H19N3O/c1-2-11-5-3-4-6-12(11)17-10-16-8-7-15-9-13(16)14(17)18/h3-6,13,15H,2,7-10H2,1H3. The van der Waals surface area contributed by atoms with Crippen LogP contribution in [0.5, 0.6) is 0 Å². The van der Waals surface area contributed by atoms with Gasteiger partial charge < -0.3 is 5.32 Å². The topological polar surface area (TPSA) is 35.6 Å². The Labute approximate surface area is 108 Å². The summed E-state index contributed by atoms with van der Waals surface area (Å²) in [5.41, 5.74) is 2.33. The monoisotopic (exact) mass is 245 g/mol. The molecule has 2 saturated heterocycles. The summed E-state index contributed by atoms with van der Waals surface area (Å²) >= 11 is 0. The van der Waals surface area contributed by atoms with Crippen LogP contribution < -0.4 is 10.2 Å². The average molecular weight is 245 g/mol. The number of amides is 1. The molecule has 96 valence electrons. The molecule has 1 unspecified atom stereocenters. The molecule has 1 aromatic rings. The van der Waals surface area contributed by atoms with Gasteiger partial charge in [0.25, 0.3) is 0 Å². The van der Waals surface area contributed by atoms with Crippen LogP contribution in [0.2, 0.25) is 0 Å². The number of rotatable bonds is 2. The number of carbonyl (C=O) groups excluding carboxylic acids is 1. The molecule has 0 saturated carbocycles. The number of nitrogens with one attached hydrogen (secondary N) is 1. The van der Waals surface area contributed by atoms with Gasteiger partial charge in [-0.25, -0.2) is 0 Å². The van der Waals surface area contributed by atoms with Crippen molar-refractivity contribution in [3.05, 3.63) is 29.8 Å². The third-order valence-electron chi connectivity index (χ3n) is 3.89. The Kier molecular flexibility index (Phi) is 3.06. The van der Waals surface area contributed by atoms with Crippen LogP contribution in [0.1, 0.15) is 12.5 Å². The quantitative estimate of drug-likeness (QED) is 0.838. The Morgan fingerprint density at radius 1 is 1.39 bits per heavy atom. The summed E-state index contributed by atoms with van der Waals surface area (Å²) in [6.07, 6.45) is 0.961. The van der Waals surface area contributed by atoms with Gasteiger partial charge in [0.15, 0.2) is 0 Å². The number of carbonyl (C=O) groups is 1. The van der Waals surface area contributed by atoms with Crippen LogP contribution >= 0.6 is 0 Å². The van der Waals surface area contributed by atoms with Crippen LogP contribution in [0, 0.1) is 0 Å². The summed E-state index contributed by atoms with van der Waals surface area (Å²) in [6, 6.07) is 8.25. The number of aryl methyl sites for hydroxylation is 1. The molecular formula is C14H19N3O. The fourth-order valence-corrected chi connectivity index (χ4v) is 2.86. The summed E-state index contributed by atoms with van der Waals surface area (Å²) in [5, 5.41) is 3.30. The molecule has 2 aliphatic rings. The molecule has 4 nitrogen and oxygen atoms in total. The molecule has 1 aromatic carbocycles. The van der Waals surface area contributed by atoms with Gasteiger partial charge in [0.05, 0.1) is 6.67 Å². The average Bonchev–Trinajstić information content (AvgIpc) is 2.76. The SMILES string of the molecule is CCc1ccccc1N1CN2CCNCC2C1=O. The molecule has 0 spiro atoms. The molecule has 0 bridgehead atoms. The van der Waals surface area contributed by atoms with Crippen molar-refractivity contribution < 1.29 is 4.79 Å². The lowest BCUT2D eigenvalue weighted by Crippen LogP contribution is -2.50. The molecule has 1 atom stereocenters. The lowest BCUT2D eigenvalue weighted by atomic mass is 10.1. The summed E-state index contributed by atoms with van der Waals surface area (Å²) in [6.45, 7) is 5.59. The Bertz CT molecular complexity index is 460. The molecule has 0 radical (unpaired) electrons. The zero-order chi connectivity index (χ0) is 12.5. The van der Waals surface area contributed by atoms with E-state index in [1.807, 2.05) is 17.0 Å². The first-order valence-electron chi connectivity index (χ1n) is 6.65. The molecule has 0 aromatic heterocycles. The van der Waals surface area contributed by atoms with Crippen molar-refractivity contribution in [2.24, 2.45) is 0 Å². The van der Waals surface area contributed by atoms with E-state index in [0.717, 1.165) is 38.4 Å². The zero-order valence-electron chi connectivity index (χ0n) is 10.7. The van der Waals surface area contributed by atoms with E-state index in [1.54, 1.807) is 0 Å². The Hall–Kier alpha value is -1.39. The summed E-state index contributed by atoms with van der Waals surface area (Å²) < 4.78 is 0. The summed E-state index contributed by atoms with van der Waals surface area (Å²) in [4.78, 5) is 16.7. The number of piperazine rings is 1. The van der Waals surface area contributed by atoms with E-state index in [9.17, 15) is 4.79 Å². The minimum Gasteiger partial charge on any atom is -0.313 e. The maximum absolute atomic E-state index is 12.5. The van der Waals surface area contributed by atoms with Crippen LogP contribution in [-0.2, 0) is 11.2 Å².